The molecule has 1 aromatic carbocycles. The predicted octanol–water partition coefficient (Wildman–Crippen LogP) is 0.880. The maximum Gasteiger partial charge on any atom is 0.310 e. The van der Waals surface area contributed by atoms with E-state index in [9.17, 15) is 24.6 Å². The van der Waals surface area contributed by atoms with Crippen LogP contribution in [-0.4, -0.2) is 89.7 Å². The number of benzene rings is 1. The SMILES string of the molecule is C=CCN(Cn1nnc2ccccc21)C(=O)C1N([C@@H](CO)C(C)C)C(=O)[C@@H]2[C@H](C(=O)O)[C@@H]3CCC12O3. The highest BCUT2D eigenvalue weighted by Gasteiger charge is 2.75. The van der Waals surface area contributed by atoms with Gasteiger partial charge in [0.15, 0.2) is 0 Å². The first-order valence-corrected chi connectivity index (χ1v) is 12.3. The number of rotatable bonds is 9. The Hall–Kier alpha value is -3.31. The lowest BCUT2D eigenvalue weighted by molar-refractivity contribution is -0.155. The Morgan fingerprint density at radius 3 is 2.78 bits per heavy atom. The second-order valence-corrected chi connectivity index (χ2v) is 10.2. The van der Waals surface area contributed by atoms with Gasteiger partial charge in [-0.2, -0.15) is 0 Å². The van der Waals surface area contributed by atoms with Gasteiger partial charge in [0.2, 0.25) is 11.8 Å². The van der Waals surface area contributed by atoms with Crippen molar-refractivity contribution in [3.63, 3.8) is 0 Å². The molecule has 3 aliphatic rings. The molecule has 11 heteroatoms. The summed E-state index contributed by atoms with van der Waals surface area (Å²) in [7, 11) is 0. The minimum absolute atomic E-state index is 0.0574. The molecule has 2 aromatic rings. The van der Waals surface area contributed by atoms with Gasteiger partial charge in [-0.3, -0.25) is 14.4 Å². The lowest BCUT2D eigenvalue weighted by atomic mass is 9.70. The lowest BCUT2D eigenvalue weighted by Crippen LogP contribution is -2.59. The molecule has 3 saturated heterocycles. The zero-order valence-electron chi connectivity index (χ0n) is 20.4. The van der Waals surface area contributed by atoms with Crippen molar-refractivity contribution in [1.82, 2.24) is 24.8 Å². The van der Waals surface area contributed by atoms with E-state index in [0.717, 1.165) is 5.52 Å². The van der Waals surface area contributed by atoms with Crippen molar-refractivity contribution in [3.8, 4) is 0 Å². The van der Waals surface area contributed by atoms with E-state index in [0.29, 0.717) is 18.4 Å². The molecule has 2 bridgehead atoms. The zero-order valence-corrected chi connectivity index (χ0v) is 20.4. The van der Waals surface area contributed by atoms with Crippen LogP contribution in [0.5, 0.6) is 0 Å². The lowest BCUT2D eigenvalue weighted by Gasteiger charge is -2.40. The molecule has 2 unspecified atom stereocenters. The predicted molar refractivity (Wildman–Crippen MR) is 127 cm³/mol. The fourth-order valence-corrected chi connectivity index (χ4v) is 6.36. The monoisotopic (exact) mass is 497 g/mol. The van der Waals surface area contributed by atoms with Crippen molar-refractivity contribution in [1.29, 1.82) is 0 Å². The molecule has 0 aliphatic carbocycles. The number of carboxylic acids is 1. The van der Waals surface area contributed by atoms with Crippen molar-refractivity contribution in [2.24, 2.45) is 17.8 Å². The average molecular weight is 498 g/mol. The fourth-order valence-electron chi connectivity index (χ4n) is 6.36. The normalized spacial score (nSPS) is 29.7. The summed E-state index contributed by atoms with van der Waals surface area (Å²) in [5.41, 5.74) is 0.171. The average Bonchev–Trinajstić information content (AvgIpc) is 3.59. The van der Waals surface area contributed by atoms with E-state index < -0.39 is 53.4 Å². The number of para-hydroxylation sites is 1. The Kier molecular flexibility index (Phi) is 6.08. The van der Waals surface area contributed by atoms with Crippen LogP contribution in [0.1, 0.15) is 26.7 Å². The van der Waals surface area contributed by atoms with Crippen LogP contribution in [0.3, 0.4) is 0 Å². The van der Waals surface area contributed by atoms with Gasteiger partial charge in [0.05, 0.1) is 36.1 Å². The molecule has 11 nitrogen and oxygen atoms in total. The van der Waals surface area contributed by atoms with Gasteiger partial charge in [-0.1, -0.05) is 37.3 Å². The minimum atomic E-state index is -1.26. The summed E-state index contributed by atoms with van der Waals surface area (Å²) in [6, 6.07) is 5.65. The van der Waals surface area contributed by atoms with E-state index in [1.165, 1.54) is 9.80 Å². The van der Waals surface area contributed by atoms with Crippen LogP contribution in [0.2, 0.25) is 0 Å². The summed E-state index contributed by atoms with van der Waals surface area (Å²) in [5.74, 6) is -4.11. The van der Waals surface area contributed by atoms with E-state index in [1.54, 1.807) is 10.8 Å². The molecule has 192 valence electrons. The van der Waals surface area contributed by atoms with Crippen molar-refractivity contribution in [3.05, 3.63) is 36.9 Å². The number of fused-ring (bicyclic) bond motifs is 2. The molecule has 6 atom stereocenters. The highest BCUT2D eigenvalue weighted by molar-refractivity contribution is 5.98. The number of nitrogens with zero attached hydrogens (tertiary/aromatic N) is 5. The third-order valence-corrected chi connectivity index (χ3v) is 7.96. The third-order valence-electron chi connectivity index (χ3n) is 7.96. The summed E-state index contributed by atoms with van der Waals surface area (Å²) in [6.07, 6.45) is 1.83. The Morgan fingerprint density at radius 1 is 1.36 bits per heavy atom. The van der Waals surface area contributed by atoms with Crippen LogP contribution in [0, 0.1) is 17.8 Å². The molecule has 36 heavy (non-hydrogen) atoms. The number of aliphatic carboxylic acids is 1. The topological polar surface area (TPSA) is 138 Å². The molecule has 2 N–H and O–H groups in total. The largest absolute Gasteiger partial charge is 0.481 e. The van der Waals surface area contributed by atoms with Gasteiger partial charge < -0.3 is 24.7 Å². The first-order valence-electron chi connectivity index (χ1n) is 12.3. The number of carbonyl (C=O) groups is 3. The van der Waals surface area contributed by atoms with Gasteiger partial charge in [-0.05, 0) is 30.9 Å². The van der Waals surface area contributed by atoms with Crippen LogP contribution in [0.15, 0.2) is 36.9 Å². The number of aliphatic hydroxyl groups excluding tert-OH is 1. The molecule has 1 aromatic heterocycles. The highest BCUT2D eigenvalue weighted by Crippen LogP contribution is 2.59. The standard InChI is InChI=1S/C25H31N5O6/c1-4-11-28(13-29-16-8-6-5-7-15(16)26-27-29)23(33)21-25-10-9-18(36-25)19(24(34)35)20(25)22(32)30(21)17(12-31)14(2)3/h4-8,14,17-21,31H,1,9-13H2,2-3H3,(H,34,35)/t17-,18-,19+,20-,21?,25?/m0/s1. The molecule has 3 fully saturated rings. The van der Waals surface area contributed by atoms with Gasteiger partial charge >= 0.3 is 5.97 Å². The Labute approximate surface area is 208 Å². The van der Waals surface area contributed by atoms with Crippen LogP contribution >= 0.6 is 0 Å². The number of carbonyl (C=O) groups excluding carboxylic acids is 2. The van der Waals surface area contributed by atoms with Crippen molar-refractivity contribution < 1.29 is 29.3 Å². The van der Waals surface area contributed by atoms with E-state index in [4.69, 9.17) is 4.74 Å². The van der Waals surface area contributed by atoms with E-state index >= 15 is 0 Å². The smallest absolute Gasteiger partial charge is 0.310 e. The molecule has 2 amide bonds. The maximum atomic E-state index is 14.3. The quantitative estimate of drug-likeness (QED) is 0.487. The van der Waals surface area contributed by atoms with E-state index in [1.807, 2.05) is 38.1 Å². The number of likely N-dealkylation sites (tertiary alicyclic amines) is 1. The highest BCUT2D eigenvalue weighted by atomic mass is 16.5. The molecule has 0 radical (unpaired) electrons. The molecular formula is C25H31N5O6. The van der Waals surface area contributed by atoms with Gasteiger partial charge in [0, 0.05) is 6.54 Å². The number of aliphatic hydroxyl groups is 1. The number of hydrogen-bond acceptors (Lipinski definition) is 7. The van der Waals surface area contributed by atoms with Crippen LogP contribution in [0.4, 0.5) is 0 Å². The van der Waals surface area contributed by atoms with Crippen molar-refractivity contribution >= 4 is 28.8 Å². The number of ether oxygens (including phenoxy) is 1. The first-order chi connectivity index (χ1) is 17.2. The molecule has 0 saturated carbocycles. The van der Waals surface area contributed by atoms with Gasteiger partial charge in [-0.25, -0.2) is 4.68 Å². The zero-order chi connectivity index (χ0) is 25.8. The van der Waals surface area contributed by atoms with Crippen LogP contribution < -0.4 is 0 Å². The number of hydrogen-bond donors (Lipinski definition) is 2. The van der Waals surface area contributed by atoms with Gasteiger partial charge in [0.1, 0.15) is 23.8 Å². The first kappa shape index (κ1) is 24.4. The Balaban J connectivity index is 1.57. The minimum Gasteiger partial charge on any atom is -0.481 e. The van der Waals surface area contributed by atoms with Gasteiger partial charge in [-0.15, -0.1) is 11.7 Å². The summed E-state index contributed by atoms with van der Waals surface area (Å²) >= 11 is 0. The summed E-state index contributed by atoms with van der Waals surface area (Å²) in [4.78, 5) is 43.3. The van der Waals surface area contributed by atoms with Gasteiger partial charge in [0.25, 0.3) is 0 Å². The Morgan fingerprint density at radius 2 is 2.11 bits per heavy atom. The van der Waals surface area contributed by atoms with Crippen LogP contribution in [-0.2, 0) is 25.8 Å². The summed E-state index contributed by atoms with van der Waals surface area (Å²) in [6.45, 7) is 7.38. The summed E-state index contributed by atoms with van der Waals surface area (Å²) in [5, 5.41) is 28.5. The molecule has 1 spiro atoms. The van der Waals surface area contributed by atoms with Crippen molar-refractivity contribution in [2.75, 3.05) is 13.2 Å². The number of amides is 2. The second-order valence-electron chi connectivity index (χ2n) is 10.2. The molecule has 5 rings (SSSR count). The molecule has 4 heterocycles. The Bertz CT molecular complexity index is 1210. The summed E-state index contributed by atoms with van der Waals surface area (Å²) < 4.78 is 7.87. The van der Waals surface area contributed by atoms with Crippen molar-refractivity contribution in [2.45, 2.75) is 57.1 Å². The third kappa shape index (κ3) is 3.44. The number of aromatic nitrogens is 3. The molecular weight excluding hydrogens is 466 g/mol. The molecule has 3 aliphatic heterocycles. The second kappa shape index (κ2) is 8.97. The van der Waals surface area contributed by atoms with Crippen LogP contribution in [0.25, 0.3) is 11.0 Å². The maximum absolute atomic E-state index is 14.3. The van der Waals surface area contributed by atoms with E-state index in [2.05, 4.69) is 16.9 Å². The van der Waals surface area contributed by atoms with E-state index in [-0.39, 0.29) is 25.7 Å². The fraction of sp³-hybridized carbons (Fsp3) is 0.560. The number of carboxylic acid groups (broad SMARTS) is 1.